The van der Waals surface area contributed by atoms with Gasteiger partial charge in [-0.15, -0.1) is 0 Å². The smallest absolute Gasteiger partial charge is 0.257 e. The average molecular weight is 337 g/mol. The maximum Gasteiger partial charge on any atom is 0.257 e. The van der Waals surface area contributed by atoms with Gasteiger partial charge in [0.15, 0.2) is 0 Å². The maximum atomic E-state index is 12.2. The van der Waals surface area contributed by atoms with Crippen LogP contribution in [-0.2, 0) is 4.74 Å². The van der Waals surface area contributed by atoms with Crippen LogP contribution < -0.4 is 10.6 Å². The van der Waals surface area contributed by atoms with E-state index in [2.05, 4.69) is 21.7 Å². The number of aryl methyl sites for hydroxylation is 1. The molecule has 0 fully saturated rings. The minimum absolute atomic E-state index is 0.157. The molecule has 0 saturated heterocycles. The lowest BCUT2D eigenvalue weighted by Gasteiger charge is -2.14. The Morgan fingerprint density at radius 3 is 2.72 bits per heavy atom. The van der Waals surface area contributed by atoms with Crippen molar-refractivity contribution in [2.24, 2.45) is 0 Å². The van der Waals surface area contributed by atoms with Crippen molar-refractivity contribution in [1.29, 1.82) is 0 Å². The summed E-state index contributed by atoms with van der Waals surface area (Å²) in [6.45, 7) is 4.38. The molecule has 0 atom stereocenters. The molecule has 130 valence electrons. The standard InChI is InChI=1S/C20H23N3O2/c1-15-2-5-18(6-3-15)23-20(24)17-4-7-19(22-14-17)21-11-8-16-9-12-25-13-10-16/h2-7,9,14H,8,10-13H2,1H3,(H,21,22)(H,23,24). The molecule has 25 heavy (non-hydrogen) atoms. The Morgan fingerprint density at radius 1 is 1.20 bits per heavy atom. The van der Waals surface area contributed by atoms with Crippen molar-refractivity contribution >= 4 is 17.4 Å². The summed E-state index contributed by atoms with van der Waals surface area (Å²) in [7, 11) is 0. The second-order valence-corrected chi connectivity index (χ2v) is 6.12. The van der Waals surface area contributed by atoms with Gasteiger partial charge < -0.3 is 15.4 Å². The number of ether oxygens (including phenoxy) is 1. The first-order valence-corrected chi connectivity index (χ1v) is 8.54. The van der Waals surface area contributed by atoms with Crippen LogP contribution in [0.15, 0.2) is 54.2 Å². The second kappa shape index (κ2) is 8.44. The second-order valence-electron chi connectivity index (χ2n) is 6.12. The van der Waals surface area contributed by atoms with E-state index in [1.54, 1.807) is 12.3 Å². The first-order chi connectivity index (χ1) is 12.2. The van der Waals surface area contributed by atoms with E-state index in [0.29, 0.717) is 5.56 Å². The highest BCUT2D eigenvalue weighted by atomic mass is 16.5. The van der Waals surface area contributed by atoms with Crippen LogP contribution in [0, 0.1) is 6.92 Å². The molecule has 2 heterocycles. The van der Waals surface area contributed by atoms with Crippen LogP contribution >= 0.6 is 0 Å². The number of carbonyl (C=O) groups excluding carboxylic acids is 1. The van der Waals surface area contributed by atoms with Gasteiger partial charge in [0, 0.05) is 18.4 Å². The highest BCUT2D eigenvalue weighted by molar-refractivity contribution is 6.04. The zero-order valence-electron chi connectivity index (χ0n) is 14.4. The minimum Gasteiger partial charge on any atom is -0.377 e. The quantitative estimate of drug-likeness (QED) is 0.787. The van der Waals surface area contributed by atoms with Crippen LogP contribution in [0.2, 0.25) is 0 Å². The lowest BCUT2D eigenvalue weighted by Crippen LogP contribution is -2.13. The highest BCUT2D eigenvalue weighted by Crippen LogP contribution is 2.14. The van der Waals surface area contributed by atoms with Crippen LogP contribution in [0.25, 0.3) is 0 Å². The predicted molar refractivity (Wildman–Crippen MR) is 100.0 cm³/mol. The Kier molecular flexibility index (Phi) is 5.80. The van der Waals surface area contributed by atoms with E-state index in [0.717, 1.165) is 49.7 Å². The fourth-order valence-corrected chi connectivity index (χ4v) is 2.62. The van der Waals surface area contributed by atoms with E-state index < -0.39 is 0 Å². The Hall–Kier alpha value is -2.66. The molecule has 1 amide bonds. The molecular weight excluding hydrogens is 314 g/mol. The summed E-state index contributed by atoms with van der Waals surface area (Å²) in [6, 6.07) is 11.3. The van der Waals surface area contributed by atoms with Gasteiger partial charge in [-0.25, -0.2) is 4.98 Å². The topological polar surface area (TPSA) is 63.2 Å². The number of carbonyl (C=O) groups is 1. The van der Waals surface area contributed by atoms with Gasteiger partial charge in [-0.05, 0) is 44.0 Å². The molecule has 0 radical (unpaired) electrons. The van der Waals surface area contributed by atoms with Gasteiger partial charge in [0.2, 0.25) is 0 Å². The molecule has 2 N–H and O–H groups in total. The van der Waals surface area contributed by atoms with Crippen molar-refractivity contribution < 1.29 is 9.53 Å². The van der Waals surface area contributed by atoms with Crippen molar-refractivity contribution in [3.63, 3.8) is 0 Å². The van der Waals surface area contributed by atoms with Crippen molar-refractivity contribution in [2.45, 2.75) is 19.8 Å². The van der Waals surface area contributed by atoms with Crippen LogP contribution in [0.1, 0.15) is 28.8 Å². The summed E-state index contributed by atoms with van der Waals surface area (Å²) in [5.41, 5.74) is 3.90. The molecule has 1 aromatic heterocycles. The van der Waals surface area contributed by atoms with Crippen LogP contribution in [0.4, 0.5) is 11.5 Å². The Balaban J connectivity index is 1.50. The summed E-state index contributed by atoms with van der Waals surface area (Å²) >= 11 is 0. The average Bonchev–Trinajstić information content (AvgIpc) is 2.65. The zero-order chi connectivity index (χ0) is 17.5. The monoisotopic (exact) mass is 337 g/mol. The molecule has 0 saturated carbocycles. The number of anilines is 2. The number of benzene rings is 1. The first kappa shape index (κ1) is 17.2. The molecule has 2 aromatic rings. The molecule has 5 nitrogen and oxygen atoms in total. The van der Waals surface area contributed by atoms with Crippen molar-refractivity contribution in [3.8, 4) is 0 Å². The molecule has 1 aliphatic heterocycles. The van der Waals surface area contributed by atoms with E-state index in [-0.39, 0.29) is 5.91 Å². The Morgan fingerprint density at radius 2 is 2.04 bits per heavy atom. The summed E-state index contributed by atoms with van der Waals surface area (Å²) in [5, 5.41) is 6.16. The van der Waals surface area contributed by atoms with Gasteiger partial charge in [-0.3, -0.25) is 4.79 Å². The fourth-order valence-electron chi connectivity index (χ4n) is 2.62. The fraction of sp³-hybridized carbons (Fsp3) is 0.300. The molecule has 5 heteroatoms. The number of hydrogen-bond donors (Lipinski definition) is 2. The van der Waals surface area contributed by atoms with Gasteiger partial charge in [0.1, 0.15) is 5.82 Å². The number of aromatic nitrogens is 1. The van der Waals surface area contributed by atoms with E-state index in [1.165, 1.54) is 5.57 Å². The molecule has 0 spiro atoms. The first-order valence-electron chi connectivity index (χ1n) is 8.54. The summed E-state index contributed by atoms with van der Waals surface area (Å²) in [6.07, 6.45) is 5.74. The van der Waals surface area contributed by atoms with Crippen LogP contribution in [0.5, 0.6) is 0 Å². The van der Waals surface area contributed by atoms with Gasteiger partial charge in [-0.1, -0.05) is 29.3 Å². The SMILES string of the molecule is Cc1ccc(NC(=O)c2ccc(NCCC3=CCOCC3)nc2)cc1. The third kappa shape index (κ3) is 5.16. The lowest BCUT2D eigenvalue weighted by atomic mass is 10.1. The zero-order valence-corrected chi connectivity index (χ0v) is 14.4. The third-order valence-electron chi connectivity index (χ3n) is 4.14. The number of nitrogens with zero attached hydrogens (tertiary/aromatic N) is 1. The van der Waals surface area contributed by atoms with E-state index in [4.69, 9.17) is 4.74 Å². The highest BCUT2D eigenvalue weighted by Gasteiger charge is 2.07. The summed E-state index contributed by atoms with van der Waals surface area (Å²) in [4.78, 5) is 16.6. The molecule has 1 aliphatic rings. The van der Waals surface area contributed by atoms with E-state index in [1.807, 2.05) is 37.3 Å². The normalized spacial score (nSPS) is 13.9. The largest absolute Gasteiger partial charge is 0.377 e. The maximum absolute atomic E-state index is 12.2. The number of amides is 1. The number of pyridine rings is 1. The number of rotatable bonds is 6. The van der Waals surface area contributed by atoms with Gasteiger partial charge >= 0.3 is 0 Å². The molecule has 0 aliphatic carbocycles. The lowest BCUT2D eigenvalue weighted by molar-refractivity contribution is 0.102. The van der Waals surface area contributed by atoms with E-state index in [9.17, 15) is 4.79 Å². The van der Waals surface area contributed by atoms with Gasteiger partial charge in [0.05, 0.1) is 18.8 Å². The number of hydrogen-bond acceptors (Lipinski definition) is 4. The van der Waals surface area contributed by atoms with Crippen molar-refractivity contribution in [1.82, 2.24) is 4.98 Å². The molecule has 0 bridgehead atoms. The molecule has 0 unspecified atom stereocenters. The minimum atomic E-state index is -0.157. The van der Waals surface area contributed by atoms with Crippen molar-refractivity contribution in [3.05, 3.63) is 65.4 Å². The van der Waals surface area contributed by atoms with Crippen molar-refractivity contribution in [2.75, 3.05) is 30.4 Å². The van der Waals surface area contributed by atoms with Gasteiger partial charge in [-0.2, -0.15) is 0 Å². The Bertz CT molecular complexity index is 737. The number of nitrogens with one attached hydrogen (secondary N) is 2. The molecular formula is C20H23N3O2. The van der Waals surface area contributed by atoms with Crippen LogP contribution in [0.3, 0.4) is 0 Å². The van der Waals surface area contributed by atoms with Crippen LogP contribution in [-0.4, -0.2) is 30.6 Å². The van der Waals surface area contributed by atoms with E-state index >= 15 is 0 Å². The molecule has 1 aromatic carbocycles. The summed E-state index contributed by atoms with van der Waals surface area (Å²) in [5.74, 6) is 0.620. The summed E-state index contributed by atoms with van der Waals surface area (Å²) < 4.78 is 5.30. The Labute approximate surface area is 148 Å². The molecule has 3 rings (SSSR count). The van der Waals surface area contributed by atoms with Gasteiger partial charge in [0.25, 0.3) is 5.91 Å². The predicted octanol–water partition coefficient (Wildman–Crippen LogP) is 3.79. The third-order valence-corrected chi connectivity index (χ3v) is 4.14.